The Balaban J connectivity index is 1.99. The Morgan fingerprint density at radius 1 is 1.12 bits per heavy atom. The van der Waals surface area contributed by atoms with Gasteiger partial charge in [-0.05, 0) is 11.6 Å². The Morgan fingerprint density at radius 2 is 1.94 bits per heavy atom. The van der Waals surface area contributed by atoms with E-state index in [0.29, 0.717) is 6.54 Å². The van der Waals surface area contributed by atoms with Crippen LogP contribution in [0.15, 0.2) is 47.8 Å². The lowest BCUT2D eigenvalue weighted by atomic mass is 10.2. The highest BCUT2D eigenvalue weighted by molar-refractivity contribution is 7.98. The van der Waals surface area contributed by atoms with Crippen molar-refractivity contribution in [1.29, 1.82) is 0 Å². The number of nitrogens with two attached hydrogens (primary N) is 1. The molecule has 0 unspecified atom stereocenters. The quantitative estimate of drug-likeness (QED) is 0.647. The first-order valence-corrected chi connectivity index (χ1v) is 6.06. The van der Waals surface area contributed by atoms with E-state index in [1.54, 1.807) is 18.0 Å². The monoisotopic (exact) mass is 231 g/mol. The van der Waals surface area contributed by atoms with Gasteiger partial charge in [0.25, 0.3) is 0 Å². The summed E-state index contributed by atoms with van der Waals surface area (Å²) in [4.78, 5) is 8.53. The smallest absolute Gasteiger partial charge is 0.188 e. The average molecular weight is 231 g/mol. The van der Waals surface area contributed by atoms with Crippen LogP contribution in [0.4, 0.5) is 0 Å². The van der Waals surface area contributed by atoms with Gasteiger partial charge in [-0.1, -0.05) is 42.1 Å². The zero-order valence-electron chi connectivity index (χ0n) is 8.84. The van der Waals surface area contributed by atoms with Gasteiger partial charge in [0.05, 0.1) is 5.69 Å². The molecule has 0 amide bonds. The van der Waals surface area contributed by atoms with Crippen LogP contribution in [0.2, 0.25) is 0 Å². The molecule has 3 nitrogen and oxygen atoms in total. The van der Waals surface area contributed by atoms with Gasteiger partial charge in [-0.25, -0.2) is 9.97 Å². The molecule has 0 atom stereocenters. The van der Waals surface area contributed by atoms with Crippen LogP contribution in [-0.4, -0.2) is 9.97 Å². The van der Waals surface area contributed by atoms with Crippen LogP contribution >= 0.6 is 11.8 Å². The van der Waals surface area contributed by atoms with E-state index in [4.69, 9.17) is 5.73 Å². The van der Waals surface area contributed by atoms with Crippen LogP contribution in [-0.2, 0) is 12.3 Å². The fourth-order valence-electron chi connectivity index (χ4n) is 1.28. The molecule has 4 heteroatoms. The van der Waals surface area contributed by atoms with Crippen LogP contribution in [0.25, 0.3) is 0 Å². The molecule has 1 aromatic heterocycles. The molecule has 2 aromatic rings. The summed E-state index contributed by atoms with van der Waals surface area (Å²) in [5.74, 6) is 0.884. The third-order valence-electron chi connectivity index (χ3n) is 2.11. The molecule has 2 N–H and O–H groups in total. The molecular formula is C12H13N3S. The third kappa shape index (κ3) is 3.05. The SMILES string of the molecule is NCc1ccnc(SCc2ccccc2)n1. The van der Waals surface area contributed by atoms with Gasteiger partial charge in [0.1, 0.15) is 0 Å². The molecule has 0 aliphatic carbocycles. The first kappa shape index (κ1) is 11.1. The third-order valence-corrected chi connectivity index (χ3v) is 3.04. The van der Waals surface area contributed by atoms with Crippen molar-refractivity contribution in [3.63, 3.8) is 0 Å². The van der Waals surface area contributed by atoms with E-state index in [2.05, 4.69) is 22.1 Å². The van der Waals surface area contributed by atoms with Gasteiger partial charge in [-0.2, -0.15) is 0 Å². The van der Waals surface area contributed by atoms with Gasteiger partial charge < -0.3 is 5.73 Å². The largest absolute Gasteiger partial charge is 0.325 e. The number of hydrogen-bond acceptors (Lipinski definition) is 4. The summed E-state index contributed by atoms with van der Waals surface area (Å²) >= 11 is 1.63. The molecule has 0 saturated carbocycles. The van der Waals surface area contributed by atoms with Crippen molar-refractivity contribution >= 4 is 11.8 Å². The molecule has 2 rings (SSSR count). The summed E-state index contributed by atoms with van der Waals surface area (Å²) in [5, 5.41) is 0.784. The van der Waals surface area contributed by atoms with E-state index >= 15 is 0 Å². The first-order chi connectivity index (χ1) is 7.88. The fraction of sp³-hybridized carbons (Fsp3) is 0.167. The van der Waals surface area contributed by atoms with Crippen molar-refractivity contribution in [3.8, 4) is 0 Å². The Kier molecular flexibility index (Phi) is 3.91. The van der Waals surface area contributed by atoms with E-state index in [1.807, 2.05) is 24.3 Å². The maximum absolute atomic E-state index is 5.53. The second-order valence-corrected chi connectivity index (χ2v) is 4.25. The predicted molar refractivity (Wildman–Crippen MR) is 65.9 cm³/mol. The number of nitrogens with zero attached hydrogens (tertiary/aromatic N) is 2. The second-order valence-electron chi connectivity index (χ2n) is 3.31. The van der Waals surface area contributed by atoms with Crippen LogP contribution in [0, 0.1) is 0 Å². The Hall–Kier alpha value is -1.39. The Morgan fingerprint density at radius 3 is 2.69 bits per heavy atom. The number of hydrogen-bond donors (Lipinski definition) is 1. The zero-order valence-corrected chi connectivity index (χ0v) is 9.65. The molecule has 0 radical (unpaired) electrons. The molecule has 0 fully saturated rings. The summed E-state index contributed by atoms with van der Waals surface area (Å²) in [6.07, 6.45) is 1.75. The van der Waals surface area contributed by atoms with Gasteiger partial charge in [-0.15, -0.1) is 0 Å². The molecule has 1 aromatic carbocycles. The van der Waals surface area contributed by atoms with E-state index < -0.39 is 0 Å². The van der Waals surface area contributed by atoms with Crippen molar-refractivity contribution in [2.24, 2.45) is 5.73 Å². The summed E-state index contributed by atoms with van der Waals surface area (Å²) in [7, 11) is 0. The summed E-state index contributed by atoms with van der Waals surface area (Å²) in [5.41, 5.74) is 7.68. The number of aromatic nitrogens is 2. The maximum atomic E-state index is 5.53. The highest BCUT2D eigenvalue weighted by atomic mass is 32.2. The zero-order chi connectivity index (χ0) is 11.2. The average Bonchev–Trinajstić information content (AvgIpc) is 2.38. The topological polar surface area (TPSA) is 51.8 Å². The Bertz CT molecular complexity index is 445. The van der Waals surface area contributed by atoms with Crippen LogP contribution in [0.1, 0.15) is 11.3 Å². The van der Waals surface area contributed by atoms with Crippen molar-refractivity contribution in [2.75, 3.05) is 0 Å². The second kappa shape index (κ2) is 5.63. The minimum atomic E-state index is 0.460. The van der Waals surface area contributed by atoms with Crippen molar-refractivity contribution in [1.82, 2.24) is 9.97 Å². The Labute approximate surface area is 99.1 Å². The predicted octanol–water partition coefficient (Wildman–Crippen LogP) is 2.23. The molecule has 0 saturated heterocycles. The summed E-state index contributed by atoms with van der Waals surface area (Å²) < 4.78 is 0. The number of thioether (sulfide) groups is 1. The van der Waals surface area contributed by atoms with E-state index in [0.717, 1.165) is 16.6 Å². The minimum absolute atomic E-state index is 0.460. The molecular weight excluding hydrogens is 218 g/mol. The van der Waals surface area contributed by atoms with Crippen molar-refractivity contribution < 1.29 is 0 Å². The molecule has 1 heterocycles. The molecule has 16 heavy (non-hydrogen) atoms. The van der Waals surface area contributed by atoms with E-state index in [9.17, 15) is 0 Å². The lowest BCUT2D eigenvalue weighted by Crippen LogP contribution is -2.00. The standard InChI is InChI=1S/C12H13N3S/c13-8-11-6-7-14-12(15-11)16-9-10-4-2-1-3-5-10/h1-7H,8-9,13H2. The van der Waals surface area contributed by atoms with E-state index in [1.165, 1.54) is 5.56 Å². The summed E-state index contributed by atoms with van der Waals surface area (Å²) in [6.45, 7) is 0.460. The van der Waals surface area contributed by atoms with Gasteiger partial charge in [0.2, 0.25) is 0 Å². The number of rotatable bonds is 4. The van der Waals surface area contributed by atoms with Crippen LogP contribution in [0.3, 0.4) is 0 Å². The minimum Gasteiger partial charge on any atom is -0.325 e. The van der Waals surface area contributed by atoms with Crippen LogP contribution in [0.5, 0.6) is 0 Å². The maximum Gasteiger partial charge on any atom is 0.188 e. The van der Waals surface area contributed by atoms with Crippen molar-refractivity contribution in [2.45, 2.75) is 17.5 Å². The normalized spacial score (nSPS) is 10.3. The fourth-order valence-corrected chi connectivity index (χ4v) is 2.09. The van der Waals surface area contributed by atoms with Gasteiger partial charge in [0, 0.05) is 18.5 Å². The van der Waals surface area contributed by atoms with Crippen molar-refractivity contribution in [3.05, 3.63) is 53.9 Å². The van der Waals surface area contributed by atoms with Gasteiger partial charge in [0.15, 0.2) is 5.16 Å². The van der Waals surface area contributed by atoms with Gasteiger partial charge in [-0.3, -0.25) is 0 Å². The van der Waals surface area contributed by atoms with Crippen LogP contribution < -0.4 is 5.73 Å². The van der Waals surface area contributed by atoms with Gasteiger partial charge >= 0.3 is 0 Å². The number of benzene rings is 1. The summed E-state index contributed by atoms with van der Waals surface area (Å²) in [6, 6.07) is 12.1. The molecule has 82 valence electrons. The van der Waals surface area contributed by atoms with E-state index in [-0.39, 0.29) is 0 Å². The first-order valence-electron chi connectivity index (χ1n) is 5.07. The molecule has 0 aliphatic heterocycles. The highest BCUT2D eigenvalue weighted by Crippen LogP contribution is 2.18. The molecule has 0 aliphatic rings. The highest BCUT2D eigenvalue weighted by Gasteiger charge is 1.99. The lowest BCUT2D eigenvalue weighted by Gasteiger charge is -2.01. The molecule has 0 spiro atoms. The molecule has 0 bridgehead atoms. The lowest BCUT2D eigenvalue weighted by molar-refractivity contribution is 0.874.